The van der Waals surface area contributed by atoms with E-state index in [2.05, 4.69) is 20.5 Å². The summed E-state index contributed by atoms with van der Waals surface area (Å²) in [6.45, 7) is 7.33. The topological polar surface area (TPSA) is 0 Å². The van der Waals surface area contributed by atoms with Crippen LogP contribution < -0.4 is 0 Å². The third-order valence-electron chi connectivity index (χ3n) is 0. The van der Waals surface area contributed by atoms with Gasteiger partial charge in [-0.1, -0.05) is 20.5 Å². The molecule has 0 aromatic carbocycles. The van der Waals surface area contributed by atoms with E-state index in [-0.39, 0.29) is 0 Å². The van der Waals surface area contributed by atoms with Crippen molar-refractivity contribution in [3.05, 3.63) is 0 Å². The number of hydrogen-bond acceptors (Lipinski definition) is 0. The minimum absolute atomic E-state index is 0.833. The molecule has 0 saturated carbocycles. The Labute approximate surface area is 67.0 Å². The second-order valence-corrected chi connectivity index (χ2v) is 6.81. The summed E-state index contributed by atoms with van der Waals surface area (Å²) in [5.41, 5.74) is 0. The molecule has 0 fully saturated rings. The normalized spacial score (nSPS) is 17.2. The van der Waals surface area contributed by atoms with E-state index in [0.717, 1.165) is 6.71 Å². The zero-order valence-corrected chi connectivity index (χ0v) is 8.22. The van der Waals surface area contributed by atoms with Crippen molar-refractivity contribution in [3.8, 4) is 0 Å². The Kier molecular flexibility index (Phi) is 4.24. The van der Waals surface area contributed by atoms with E-state index < -0.39 is 40.3 Å². The maximum atomic E-state index is 9.90. The van der Waals surface area contributed by atoms with Gasteiger partial charge >= 0.3 is 40.8 Å². The molecule has 0 aliphatic carbocycles. The molecule has 0 amide bonds. The van der Waals surface area contributed by atoms with Crippen molar-refractivity contribution in [2.75, 3.05) is 0 Å². The Morgan fingerprint density at radius 1 is 0.727 bits per heavy atom. The first-order chi connectivity index (χ1) is 4.18. The van der Waals surface area contributed by atoms with E-state index in [1.54, 1.807) is 0 Å². The third-order valence-corrected chi connectivity index (χ3v) is 0. The van der Waals surface area contributed by atoms with Gasteiger partial charge in [-0.15, -0.1) is 0 Å². The standard InChI is InChI=1S/C3H9B.F6Xe/c1-4(2)3;1-7(2,3,4,5)6/h1-3H3;. The summed E-state index contributed by atoms with van der Waals surface area (Å²) >= 11 is -11.0. The Balaban J connectivity index is 0. The van der Waals surface area contributed by atoms with Crippen molar-refractivity contribution in [2.45, 2.75) is 20.5 Å². The summed E-state index contributed by atoms with van der Waals surface area (Å²) in [5, 5.41) is 0. The zero-order chi connectivity index (χ0) is 9.99. The molecule has 0 spiro atoms. The fourth-order valence-corrected chi connectivity index (χ4v) is 0. The minimum atomic E-state index is -11.0. The molecule has 11 heavy (non-hydrogen) atoms. The molecule has 0 aliphatic rings. The predicted molar refractivity (Wildman–Crippen MR) is 30.0 cm³/mol. The maximum absolute atomic E-state index is 11.0. The van der Waals surface area contributed by atoms with E-state index in [0.29, 0.717) is 0 Å². The Morgan fingerprint density at radius 3 is 0.727 bits per heavy atom. The molecule has 0 nitrogen and oxygen atoms in total. The first kappa shape index (κ1) is 14.7. The van der Waals surface area contributed by atoms with Gasteiger partial charge in [-0.3, -0.25) is 0 Å². The molecule has 0 radical (unpaired) electrons. The van der Waals surface area contributed by atoms with Crippen molar-refractivity contribution in [2.24, 2.45) is 0 Å². The van der Waals surface area contributed by atoms with E-state index >= 15 is 0 Å². The molecule has 74 valence electrons. The molecule has 0 bridgehead atoms. The molecular weight excluding hydrogens is 292 g/mol. The Morgan fingerprint density at radius 2 is 0.727 bits per heavy atom. The van der Waals surface area contributed by atoms with Gasteiger partial charge < -0.3 is 0 Å². The SMILES string of the molecule is CB(C)C.F[Xe](F)(F)(F)(F)F. The average molecular weight is 301 g/mol. The van der Waals surface area contributed by atoms with Crippen LogP contribution in [0, 0.1) is 40.3 Å². The molecule has 0 aromatic heterocycles. The van der Waals surface area contributed by atoms with Crippen molar-refractivity contribution < 1.29 is 40.8 Å². The summed E-state index contributed by atoms with van der Waals surface area (Å²) in [5.74, 6) is 0. The van der Waals surface area contributed by atoms with Crippen LogP contribution in [0.25, 0.3) is 0 Å². The van der Waals surface area contributed by atoms with E-state index in [1.807, 2.05) is 0 Å². The van der Waals surface area contributed by atoms with Crippen molar-refractivity contribution in [3.63, 3.8) is 0 Å². The van der Waals surface area contributed by atoms with Gasteiger partial charge in [-0.2, -0.15) is 0 Å². The summed E-state index contributed by atoms with van der Waals surface area (Å²) in [7, 11) is 0. The summed E-state index contributed by atoms with van der Waals surface area (Å²) in [6.07, 6.45) is 0. The molecular formula is C3H9BF6Xe. The fourth-order valence-electron chi connectivity index (χ4n) is 0. The molecule has 0 heterocycles. The second-order valence-electron chi connectivity index (χ2n) is 2.49. The monoisotopic (exact) mass is 302 g/mol. The third kappa shape index (κ3) is 644. The van der Waals surface area contributed by atoms with E-state index in [9.17, 15) is 0.501 Å². The van der Waals surface area contributed by atoms with Crippen LogP contribution in [0.3, 0.4) is 0 Å². The quantitative estimate of drug-likeness (QED) is 0.470. The van der Waals surface area contributed by atoms with E-state index in [4.69, 9.17) is 0 Å². The van der Waals surface area contributed by atoms with Crippen LogP contribution in [-0.2, 0) is 0 Å². The van der Waals surface area contributed by atoms with Crippen LogP contribution in [0.4, 0.5) is 0.501 Å². The van der Waals surface area contributed by atoms with Crippen LogP contribution in [0.15, 0.2) is 0 Å². The summed E-state index contributed by atoms with van der Waals surface area (Å²) < 4.78 is 59.4. The van der Waals surface area contributed by atoms with Gasteiger partial charge in [0.1, 0.15) is 6.71 Å². The summed E-state index contributed by atoms with van der Waals surface area (Å²) in [6, 6.07) is 0. The molecule has 0 rings (SSSR count). The van der Waals surface area contributed by atoms with Crippen molar-refractivity contribution in [1.82, 2.24) is 0 Å². The zero-order valence-electron chi connectivity index (χ0n) is 6.20. The first-order valence-electron chi connectivity index (χ1n) is 2.53. The van der Waals surface area contributed by atoms with Gasteiger partial charge in [-0.05, 0) is 0 Å². The number of halogens is 6. The molecule has 0 aliphatic heterocycles. The van der Waals surface area contributed by atoms with Gasteiger partial charge in [0.25, 0.3) is 0 Å². The molecule has 0 N–H and O–H groups in total. The number of hydrogen-bond donors (Lipinski definition) is 0. The van der Waals surface area contributed by atoms with Crippen molar-refractivity contribution >= 4 is 6.71 Å². The van der Waals surface area contributed by atoms with Gasteiger partial charge in [0.2, 0.25) is 0 Å². The fraction of sp³-hybridized carbons (Fsp3) is 1.00. The number of rotatable bonds is 0. The predicted octanol–water partition coefficient (Wildman–Crippen LogP) is 3.89. The molecule has 0 atom stereocenters. The Bertz CT molecular complexity index is 105. The first-order valence-corrected chi connectivity index (χ1v) is 7.11. The van der Waals surface area contributed by atoms with Crippen LogP contribution in [0.1, 0.15) is 0 Å². The molecule has 8 heteroatoms. The van der Waals surface area contributed by atoms with Gasteiger partial charge in [0.05, 0.1) is 0 Å². The molecule has 0 saturated heterocycles. The van der Waals surface area contributed by atoms with Crippen LogP contribution >= 0.6 is 0 Å². The second kappa shape index (κ2) is 3.17. The van der Waals surface area contributed by atoms with E-state index in [1.165, 1.54) is 0 Å². The Hall–Kier alpha value is 1.22. The van der Waals surface area contributed by atoms with Crippen LogP contribution in [0.2, 0.25) is 20.5 Å². The van der Waals surface area contributed by atoms with Crippen LogP contribution in [-0.4, -0.2) is 6.71 Å². The summed E-state index contributed by atoms with van der Waals surface area (Å²) in [4.78, 5) is 0. The average Bonchev–Trinajstić information content (AvgIpc) is 1.11. The van der Waals surface area contributed by atoms with Gasteiger partial charge in [0.15, 0.2) is 0 Å². The molecule has 0 aromatic rings. The van der Waals surface area contributed by atoms with Gasteiger partial charge in [0, 0.05) is 0 Å². The molecule has 0 unspecified atom stereocenters. The van der Waals surface area contributed by atoms with Crippen molar-refractivity contribution in [1.29, 1.82) is 0 Å². The van der Waals surface area contributed by atoms with Crippen LogP contribution in [0.5, 0.6) is 0 Å². The van der Waals surface area contributed by atoms with Gasteiger partial charge in [-0.25, -0.2) is 0 Å².